The van der Waals surface area contributed by atoms with E-state index in [4.69, 9.17) is 0 Å². The molecule has 0 spiro atoms. The summed E-state index contributed by atoms with van der Waals surface area (Å²) in [4.78, 5) is 2.42. The van der Waals surface area contributed by atoms with Gasteiger partial charge < -0.3 is 14.0 Å². The Morgan fingerprint density at radius 2 is 0.784 bits per heavy atom. The number of hydrogen-bond acceptors (Lipinski definition) is 1. The van der Waals surface area contributed by atoms with E-state index in [1.54, 1.807) is 0 Å². The summed E-state index contributed by atoms with van der Waals surface area (Å²) in [5.41, 5.74) is 15.4. The van der Waals surface area contributed by atoms with Gasteiger partial charge in [0.2, 0.25) is 0 Å². The normalized spacial score (nSPS) is 12.3. The molecule has 1 aliphatic rings. The van der Waals surface area contributed by atoms with Crippen LogP contribution in [0.5, 0.6) is 0 Å². The number of nitrogens with zero attached hydrogens (tertiary/aromatic N) is 3. The van der Waals surface area contributed by atoms with Crippen molar-refractivity contribution in [3.63, 3.8) is 0 Å². The highest BCUT2D eigenvalue weighted by atomic mass is 15.2. The van der Waals surface area contributed by atoms with E-state index in [2.05, 4.69) is 202 Å². The molecule has 0 N–H and O–H groups in total. The topological polar surface area (TPSA) is 13.1 Å². The summed E-state index contributed by atoms with van der Waals surface area (Å²) >= 11 is 0. The summed E-state index contributed by atoms with van der Waals surface area (Å²) in [6, 6.07) is 68.4. The van der Waals surface area contributed by atoms with Crippen molar-refractivity contribution in [2.45, 2.75) is 0 Å². The Morgan fingerprint density at radius 1 is 0.275 bits per heavy atom. The highest BCUT2D eigenvalue weighted by Crippen LogP contribution is 2.51. The Labute approximate surface area is 295 Å². The largest absolute Gasteiger partial charge is 0.307 e. The summed E-state index contributed by atoms with van der Waals surface area (Å²) in [6.07, 6.45) is 0. The van der Waals surface area contributed by atoms with Crippen molar-refractivity contribution in [1.29, 1.82) is 0 Å². The van der Waals surface area contributed by atoms with E-state index in [-0.39, 0.29) is 0 Å². The van der Waals surface area contributed by atoms with E-state index in [9.17, 15) is 0 Å². The van der Waals surface area contributed by atoms with Crippen LogP contribution >= 0.6 is 0 Å². The van der Waals surface area contributed by atoms with E-state index in [1.807, 2.05) is 0 Å². The monoisotopic (exact) mass is 649 g/mol. The van der Waals surface area contributed by atoms with Gasteiger partial charge in [-0.1, -0.05) is 133 Å². The Morgan fingerprint density at radius 3 is 1.49 bits per heavy atom. The van der Waals surface area contributed by atoms with E-state index in [1.165, 1.54) is 82.9 Å². The van der Waals surface area contributed by atoms with Crippen molar-refractivity contribution < 1.29 is 0 Å². The molecular formula is C48H31N3. The molecule has 0 radical (unpaired) electrons. The molecule has 0 unspecified atom stereocenters. The van der Waals surface area contributed by atoms with Crippen LogP contribution in [0.25, 0.3) is 77.2 Å². The number of anilines is 3. The van der Waals surface area contributed by atoms with Gasteiger partial charge in [-0.2, -0.15) is 0 Å². The van der Waals surface area contributed by atoms with Crippen LogP contribution < -0.4 is 4.90 Å². The molecule has 0 aliphatic carbocycles. The predicted octanol–water partition coefficient (Wildman–Crippen LogP) is 13.0. The molecule has 8 aromatic carbocycles. The van der Waals surface area contributed by atoms with Crippen LogP contribution in [0.4, 0.5) is 17.1 Å². The third-order valence-electron chi connectivity index (χ3n) is 10.6. The summed E-state index contributed by atoms with van der Waals surface area (Å²) < 4.78 is 5.05. The zero-order chi connectivity index (χ0) is 33.5. The van der Waals surface area contributed by atoms with Crippen LogP contribution in [0.1, 0.15) is 0 Å². The first kappa shape index (κ1) is 28.0. The third kappa shape index (κ3) is 4.06. The predicted molar refractivity (Wildman–Crippen MR) is 214 cm³/mol. The van der Waals surface area contributed by atoms with Gasteiger partial charge in [-0.05, 0) is 76.9 Å². The van der Waals surface area contributed by atoms with Crippen molar-refractivity contribution >= 4 is 60.7 Å². The third-order valence-corrected chi connectivity index (χ3v) is 10.6. The summed E-state index contributed by atoms with van der Waals surface area (Å²) in [5, 5.41) is 4.98. The fourth-order valence-corrected chi connectivity index (χ4v) is 8.43. The zero-order valence-electron chi connectivity index (χ0n) is 27.7. The average molecular weight is 650 g/mol. The molecular weight excluding hydrogens is 619 g/mol. The van der Waals surface area contributed by atoms with Gasteiger partial charge in [-0.3, -0.25) is 0 Å². The van der Waals surface area contributed by atoms with Gasteiger partial charge in [0.15, 0.2) is 0 Å². The van der Waals surface area contributed by atoms with Crippen LogP contribution in [0.15, 0.2) is 188 Å². The Bertz CT molecular complexity index is 2900. The van der Waals surface area contributed by atoms with Crippen LogP contribution in [0.2, 0.25) is 0 Å². The van der Waals surface area contributed by atoms with E-state index >= 15 is 0 Å². The minimum atomic E-state index is 1.14. The molecule has 3 nitrogen and oxygen atoms in total. The Hall–Kier alpha value is -6.84. The first-order valence-electron chi connectivity index (χ1n) is 17.5. The molecule has 3 heteroatoms. The lowest BCUT2D eigenvalue weighted by atomic mass is 9.98. The molecule has 1 aliphatic heterocycles. The Kier molecular flexibility index (Phi) is 5.96. The number of hydrogen-bond donors (Lipinski definition) is 0. The second-order valence-corrected chi connectivity index (χ2v) is 13.4. The number of fused-ring (bicyclic) bond motifs is 9. The summed E-state index contributed by atoms with van der Waals surface area (Å²) in [7, 11) is 0. The SMILES string of the molecule is c1ccc(-c2cc(-c3ccccc3)cc(-n3c4ccccc4c4ccc5c6cccc7c6n(c5c43)-c3ccccc3N7c3ccccc3)c2)cc1. The molecule has 0 saturated heterocycles. The van der Waals surface area contributed by atoms with Gasteiger partial charge in [0.25, 0.3) is 0 Å². The molecule has 0 atom stereocenters. The van der Waals surface area contributed by atoms with Crippen LogP contribution in [0, 0.1) is 0 Å². The van der Waals surface area contributed by atoms with E-state index in [0.29, 0.717) is 0 Å². The van der Waals surface area contributed by atoms with Crippen molar-refractivity contribution in [1.82, 2.24) is 9.13 Å². The van der Waals surface area contributed by atoms with Crippen molar-refractivity contribution in [2.75, 3.05) is 4.90 Å². The fourth-order valence-electron chi connectivity index (χ4n) is 8.43. The highest BCUT2D eigenvalue weighted by molar-refractivity contribution is 6.26. The maximum atomic E-state index is 2.53. The standard InChI is InChI=1S/C48H31N3/c1-4-15-32(16-5-1)34-29-35(33-17-6-2-7-18-33)31-37(30-34)50-42-23-11-10-21-38(42)40-27-28-41-39-22-14-26-45-46(39)51(48(41)47(40)50)44-25-13-12-24-43(44)49(45)36-19-8-3-9-20-36/h1-31H. The van der Waals surface area contributed by atoms with E-state index in [0.717, 1.165) is 11.4 Å². The molecule has 51 heavy (non-hydrogen) atoms. The second-order valence-electron chi connectivity index (χ2n) is 13.4. The quantitative estimate of drug-likeness (QED) is 0.185. The maximum absolute atomic E-state index is 2.53. The molecule has 3 heterocycles. The van der Waals surface area contributed by atoms with Crippen LogP contribution in [-0.4, -0.2) is 9.13 Å². The van der Waals surface area contributed by atoms with Gasteiger partial charge in [-0.25, -0.2) is 0 Å². The summed E-state index contributed by atoms with van der Waals surface area (Å²) in [5.74, 6) is 0. The van der Waals surface area contributed by atoms with Crippen molar-refractivity contribution in [3.8, 4) is 33.6 Å². The molecule has 11 rings (SSSR count). The number of rotatable bonds is 4. The van der Waals surface area contributed by atoms with E-state index < -0.39 is 0 Å². The average Bonchev–Trinajstić information content (AvgIpc) is 3.73. The van der Waals surface area contributed by atoms with Gasteiger partial charge >= 0.3 is 0 Å². The molecule has 238 valence electrons. The molecule has 0 fully saturated rings. The number of aromatic nitrogens is 2. The zero-order valence-corrected chi connectivity index (χ0v) is 27.7. The minimum Gasteiger partial charge on any atom is -0.307 e. The van der Waals surface area contributed by atoms with Gasteiger partial charge in [0.1, 0.15) is 0 Å². The van der Waals surface area contributed by atoms with Gasteiger partial charge in [-0.15, -0.1) is 0 Å². The van der Waals surface area contributed by atoms with Crippen molar-refractivity contribution in [2.24, 2.45) is 0 Å². The first-order valence-corrected chi connectivity index (χ1v) is 17.5. The second kappa shape index (κ2) is 10.8. The lowest BCUT2D eigenvalue weighted by molar-refractivity contribution is 1.10. The maximum Gasteiger partial charge on any atom is 0.0790 e. The summed E-state index contributed by atoms with van der Waals surface area (Å²) in [6.45, 7) is 0. The molecule has 0 amide bonds. The lowest BCUT2D eigenvalue weighted by Gasteiger charge is -2.33. The van der Waals surface area contributed by atoms with Crippen LogP contribution in [0.3, 0.4) is 0 Å². The van der Waals surface area contributed by atoms with Crippen LogP contribution in [-0.2, 0) is 0 Å². The number of para-hydroxylation sites is 5. The number of benzene rings is 8. The molecule has 2 aromatic heterocycles. The molecule has 0 saturated carbocycles. The fraction of sp³-hybridized carbons (Fsp3) is 0. The smallest absolute Gasteiger partial charge is 0.0790 e. The van der Waals surface area contributed by atoms with Crippen molar-refractivity contribution in [3.05, 3.63) is 188 Å². The highest BCUT2D eigenvalue weighted by Gasteiger charge is 2.30. The lowest BCUT2D eigenvalue weighted by Crippen LogP contribution is -2.18. The minimum absolute atomic E-state index is 1.14. The first-order chi connectivity index (χ1) is 25.3. The van der Waals surface area contributed by atoms with Gasteiger partial charge in [0.05, 0.1) is 39.1 Å². The Balaban J connectivity index is 1.31. The molecule has 0 bridgehead atoms. The molecule has 10 aromatic rings. The van der Waals surface area contributed by atoms with Gasteiger partial charge in [0, 0.05) is 32.9 Å².